The Morgan fingerprint density at radius 2 is 1.78 bits per heavy atom. The van der Waals surface area contributed by atoms with Crippen LogP contribution >= 0.6 is 0 Å². The fraction of sp³-hybridized carbons (Fsp3) is 0.654. The summed E-state index contributed by atoms with van der Waals surface area (Å²) < 4.78 is 2.09. The molecule has 2 aromatic rings. The number of benzene rings is 1. The molecule has 4 rings (SSSR count). The molecule has 2 heterocycles. The van der Waals surface area contributed by atoms with E-state index in [1.807, 2.05) is 29.2 Å². The molecule has 3 unspecified atom stereocenters. The highest BCUT2D eigenvalue weighted by molar-refractivity contribution is 5.83. The van der Waals surface area contributed by atoms with Crippen molar-refractivity contribution in [3.63, 3.8) is 0 Å². The number of rotatable bonds is 8. The summed E-state index contributed by atoms with van der Waals surface area (Å²) in [4.78, 5) is 35.5. The lowest BCUT2D eigenvalue weighted by Gasteiger charge is -2.34. The topological polar surface area (TPSA) is 58.4 Å². The molecule has 0 spiro atoms. The van der Waals surface area contributed by atoms with Gasteiger partial charge in [-0.25, -0.2) is 4.98 Å². The van der Waals surface area contributed by atoms with Crippen molar-refractivity contribution in [1.82, 2.24) is 19.4 Å². The third-order valence-electron chi connectivity index (χ3n) is 7.69. The van der Waals surface area contributed by atoms with E-state index in [9.17, 15) is 9.59 Å². The van der Waals surface area contributed by atoms with Crippen molar-refractivity contribution in [2.75, 3.05) is 6.54 Å². The lowest BCUT2D eigenvalue weighted by Crippen LogP contribution is -2.46. The first-order valence-corrected chi connectivity index (χ1v) is 12.5. The molecular weight excluding hydrogens is 400 g/mol. The molecule has 0 bridgehead atoms. The van der Waals surface area contributed by atoms with Gasteiger partial charge in [-0.15, -0.1) is 0 Å². The Kier molecular flexibility index (Phi) is 6.87. The van der Waals surface area contributed by atoms with Gasteiger partial charge < -0.3 is 14.4 Å². The van der Waals surface area contributed by atoms with Crippen LogP contribution in [0.5, 0.6) is 0 Å². The molecule has 6 nitrogen and oxygen atoms in total. The van der Waals surface area contributed by atoms with E-state index < -0.39 is 0 Å². The van der Waals surface area contributed by atoms with Crippen LogP contribution in [0.2, 0.25) is 0 Å². The van der Waals surface area contributed by atoms with Gasteiger partial charge in [0.15, 0.2) is 0 Å². The number of nitrogens with zero attached hydrogens (tertiary/aromatic N) is 4. The molecule has 3 atom stereocenters. The maximum atomic E-state index is 13.6. The van der Waals surface area contributed by atoms with E-state index in [0.29, 0.717) is 12.5 Å². The quantitative estimate of drug-likeness (QED) is 0.599. The van der Waals surface area contributed by atoms with E-state index in [-0.39, 0.29) is 36.4 Å². The molecule has 1 aromatic carbocycles. The van der Waals surface area contributed by atoms with Gasteiger partial charge >= 0.3 is 0 Å². The van der Waals surface area contributed by atoms with Crippen LogP contribution in [0.4, 0.5) is 0 Å². The van der Waals surface area contributed by atoms with E-state index in [2.05, 4.69) is 37.2 Å². The van der Waals surface area contributed by atoms with Gasteiger partial charge in [0.1, 0.15) is 12.4 Å². The van der Waals surface area contributed by atoms with Crippen LogP contribution < -0.4 is 0 Å². The summed E-state index contributed by atoms with van der Waals surface area (Å²) in [6.45, 7) is 9.53. The van der Waals surface area contributed by atoms with Crippen LogP contribution in [0.1, 0.15) is 84.4 Å². The highest BCUT2D eigenvalue weighted by Gasteiger charge is 2.38. The summed E-state index contributed by atoms with van der Waals surface area (Å²) in [5.74, 6) is 1.31. The Bertz CT molecular complexity index is 952. The van der Waals surface area contributed by atoms with Gasteiger partial charge in [-0.2, -0.15) is 0 Å². The first-order chi connectivity index (χ1) is 15.4. The zero-order chi connectivity index (χ0) is 22.8. The number of imidazole rings is 1. The van der Waals surface area contributed by atoms with Crippen molar-refractivity contribution in [2.45, 2.75) is 103 Å². The van der Waals surface area contributed by atoms with Gasteiger partial charge in [0.25, 0.3) is 0 Å². The molecule has 32 heavy (non-hydrogen) atoms. The largest absolute Gasteiger partial charge is 0.339 e. The van der Waals surface area contributed by atoms with Gasteiger partial charge in [-0.3, -0.25) is 9.59 Å². The summed E-state index contributed by atoms with van der Waals surface area (Å²) in [5, 5.41) is 0. The van der Waals surface area contributed by atoms with Crippen LogP contribution in [0.25, 0.3) is 11.0 Å². The summed E-state index contributed by atoms with van der Waals surface area (Å²) >= 11 is 0. The Labute approximate surface area is 192 Å². The number of aromatic nitrogens is 2. The lowest BCUT2D eigenvalue weighted by atomic mass is 10.1. The molecular formula is C26H38N4O2. The van der Waals surface area contributed by atoms with Gasteiger partial charge in [0, 0.05) is 37.0 Å². The number of amides is 2. The minimum atomic E-state index is 0.0453. The molecule has 1 aliphatic carbocycles. The average Bonchev–Trinajstić information content (AvgIpc) is 3.52. The van der Waals surface area contributed by atoms with Gasteiger partial charge in [0.2, 0.25) is 11.8 Å². The Balaban J connectivity index is 1.65. The van der Waals surface area contributed by atoms with E-state index in [1.165, 1.54) is 12.8 Å². The summed E-state index contributed by atoms with van der Waals surface area (Å²) in [6.07, 6.45) is 7.02. The first-order valence-electron chi connectivity index (χ1n) is 12.5. The predicted octanol–water partition coefficient (Wildman–Crippen LogP) is 4.72. The molecule has 2 amide bonds. The minimum Gasteiger partial charge on any atom is -0.339 e. The smallest absolute Gasteiger partial charge is 0.243 e. The Morgan fingerprint density at radius 3 is 2.44 bits per heavy atom. The van der Waals surface area contributed by atoms with Crippen molar-refractivity contribution in [3.8, 4) is 0 Å². The normalized spacial score (nSPS) is 21.4. The number of carbonyl (C=O) groups is 2. The molecule has 0 radical (unpaired) electrons. The van der Waals surface area contributed by atoms with Crippen molar-refractivity contribution in [2.24, 2.45) is 0 Å². The highest BCUT2D eigenvalue weighted by Crippen LogP contribution is 2.35. The average molecular weight is 439 g/mol. The van der Waals surface area contributed by atoms with Crippen LogP contribution in [-0.4, -0.2) is 55.8 Å². The molecule has 6 heteroatoms. The second-order valence-electron chi connectivity index (χ2n) is 9.75. The van der Waals surface area contributed by atoms with Gasteiger partial charge in [-0.1, -0.05) is 38.8 Å². The van der Waals surface area contributed by atoms with Crippen LogP contribution in [0.3, 0.4) is 0 Å². The number of hydrogen-bond donors (Lipinski definition) is 0. The Hall–Kier alpha value is -2.37. The van der Waals surface area contributed by atoms with E-state index >= 15 is 0 Å². The zero-order valence-corrected chi connectivity index (χ0v) is 20.1. The summed E-state index contributed by atoms with van der Waals surface area (Å²) in [5.41, 5.74) is 1.89. The van der Waals surface area contributed by atoms with E-state index in [0.717, 1.165) is 49.1 Å². The van der Waals surface area contributed by atoms with Crippen molar-refractivity contribution >= 4 is 22.8 Å². The number of carbonyl (C=O) groups excluding carboxylic acids is 2. The fourth-order valence-corrected chi connectivity index (χ4v) is 5.58. The molecule has 1 saturated carbocycles. The molecule has 0 N–H and O–H groups in total. The third kappa shape index (κ3) is 4.28. The van der Waals surface area contributed by atoms with Crippen LogP contribution in [0, 0.1) is 0 Å². The number of hydrogen-bond acceptors (Lipinski definition) is 3. The zero-order valence-electron chi connectivity index (χ0n) is 20.1. The molecule has 1 aromatic heterocycles. The molecule has 1 aliphatic heterocycles. The highest BCUT2D eigenvalue weighted by atomic mass is 16.2. The maximum absolute atomic E-state index is 13.6. The number of fused-ring (bicyclic) bond motifs is 1. The van der Waals surface area contributed by atoms with Crippen LogP contribution in [-0.2, 0) is 16.1 Å². The maximum Gasteiger partial charge on any atom is 0.243 e. The van der Waals surface area contributed by atoms with E-state index in [4.69, 9.17) is 4.98 Å². The number of likely N-dealkylation sites (tertiary alicyclic amines) is 1. The molecule has 2 fully saturated rings. The monoisotopic (exact) mass is 438 g/mol. The van der Waals surface area contributed by atoms with E-state index in [1.54, 1.807) is 0 Å². The van der Waals surface area contributed by atoms with Crippen molar-refractivity contribution < 1.29 is 9.59 Å². The Morgan fingerprint density at radius 1 is 1.12 bits per heavy atom. The van der Waals surface area contributed by atoms with Crippen molar-refractivity contribution in [3.05, 3.63) is 30.1 Å². The summed E-state index contributed by atoms with van der Waals surface area (Å²) in [7, 11) is 0. The lowest BCUT2D eigenvalue weighted by molar-refractivity contribution is -0.136. The fourth-order valence-electron chi connectivity index (χ4n) is 5.58. The predicted molar refractivity (Wildman–Crippen MR) is 127 cm³/mol. The minimum absolute atomic E-state index is 0.0453. The van der Waals surface area contributed by atoms with Gasteiger partial charge in [-0.05, 0) is 51.7 Å². The number of para-hydroxylation sites is 2. The molecule has 2 aliphatic rings. The molecule has 1 saturated heterocycles. The second-order valence-corrected chi connectivity index (χ2v) is 9.75. The van der Waals surface area contributed by atoms with Crippen molar-refractivity contribution in [1.29, 1.82) is 0 Å². The second kappa shape index (κ2) is 9.63. The van der Waals surface area contributed by atoms with Gasteiger partial charge in [0.05, 0.1) is 11.0 Å². The summed E-state index contributed by atoms with van der Waals surface area (Å²) in [6, 6.07) is 8.82. The standard InChI is InChI=1S/C26H38N4O2/c1-5-18(3)30(19(4)6-2)25(32)17-29-23-14-10-9-13-22(23)27-26(29)20-15-24(31)28(16-20)21-11-7-8-12-21/h9-10,13-14,18-21H,5-8,11-12,15-17H2,1-4H3. The molecule has 174 valence electrons. The SMILES string of the molecule is CCC(C)N(C(=O)Cn1c(C2CC(=O)N(C3CCCC3)C2)nc2ccccc21)C(C)CC. The van der Waals surface area contributed by atoms with Crippen LogP contribution in [0.15, 0.2) is 24.3 Å². The third-order valence-corrected chi connectivity index (χ3v) is 7.69. The first kappa shape index (κ1) is 22.8.